The van der Waals surface area contributed by atoms with E-state index in [0.29, 0.717) is 30.0 Å². The van der Waals surface area contributed by atoms with E-state index < -0.39 is 22.6 Å². The number of benzene rings is 3. The molecule has 0 bridgehead atoms. The highest BCUT2D eigenvalue weighted by atomic mass is 32.2. The van der Waals surface area contributed by atoms with Crippen LogP contribution >= 0.6 is 11.8 Å². The number of carboxylic acids is 1. The van der Waals surface area contributed by atoms with Crippen LogP contribution in [0.25, 0.3) is 0 Å². The van der Waals surface area contributed by atoms with E-state index in [9.17, 15) is 19.5 Å². The van der Waals surface area contributed by atoms with Crippen LogP contribution in [0.15, 0.2) is 78.9 Å². The fourth-order valence-corrected chi connectivity index (χ4v) is 6.29. The molecule has 1 saturated heterocycles. The van der Waals surface area contributed by atoms with E-state index >= 15 is 0 Å². The molecule has 3 aromatic carbocycles. The molecule has 0 radical (unpaired) electrons. The fourth-order valence-electron chi connectivity index (χ4n) is 4.81. The first-order chi connectivity index (χ1) is 20.1. The van der Waals surface area contributed by atoms with Crippen LogP contribution in [0.1, 0.15) is 69.9 Å². The summed E-state index contributed by atoms with van der Waals surface area (Å²) in [6.45, 7) is 8.44. The molecule has 1 heterocycles. The van der Waals surface area contributed by atoms with E-state index in [-0.39, 0.29) is 23.7 Å². The zero-order valence-corrected chi connectivity index (χ0v) is 25.3. The molecule has 2 unspecified atom stereocenters. The summed E-state index contributed by atoms with van der Waals surface area (Å²) in [6.07, 6.45) is 1.71. The molecule has 9 heteroatoms. The maximum absolute atomic E-state index is 13.7. The lowest BCUT2D eigenvalue weighted by atomic mass is 9.87. The number of amides is 2. The van der Waals surface area contributed by atoms with Gasteiger partial charge in [0.2, 0.25) is 11.8 Å². The highest BCUT2D eigenvalue weighted by molar-refractivity contribution is 8.01. The maximum atomic E-state index is 13.7. The molecule has 3 N–H and O–H groups in total. The molecule has 1 aliphatic heterocycles. The molecule has 8 nitrogen and oxygen atoms in total. The van der Waals surface area contributed by atoms with Crippen LogP contribution in [0.3, 0.4) is 0 Å². The van der Waals surface area contributed by atoms with Crippen LogP contribution in [0, 0.1) is 0 Å². The van der Waals surface area contributed by atoms with Crippen molar-refractivity contribution >= 4 is 35.2 Å². The van der Waals surface area contributed by atoms with Crippen molar-refractivity contribution in [2.75, 3.05) is 5.43 Å². The Morgan fingerprint density at radius 3 is 2.36 bits per heavy atom. The Bertz CT molecular complexity index is 1370. The van der Waals surface area contributed by atoms with E-state index in [1.165, 1.54) is 22.2 Å². The van der Waals surface area contributed by atoms with Gasteiger partial charge in [0.25, 0.3) is 0 Å². The van der Waals surface area contributed by atoms with Gasteiger partial charge in [-0.25, -0.2) is 4.79 Å². The van der Waals surface area contributed by atoms with Crippen molar-refractivity contribution in [1.29, 1.82) is 0 Å². The highest BCUT2D eigenvalue weighted by Crippen LogP contribution is 2.47. The van der Waals surface area contributed by atoms with Crippen LogP contribution < -0.4 is 15.6 Å². The second kappa shape index (κ2) is 13.8. The molecule has 0 aromatic heterocycles. The molecular formula is C33H39N3O5S. The van der Waals surface area contributed by atoms with Gasteiger partial charge in [-0.3, -0.25) is 20.4 Å². The lowest BCUT2D eigenvalue weighted by Gasteiger charge is -2.30. The van der Waals surface area contributed by atoms with E-state index in [2.05, 4.69) is 31.6 Å². The molecular weight excluding hydrogens is 550 g/mol. The number of carbonyl (C=O) groups excluding carboxylic acids is 2. The summed E-state index contributed by atoms with van der Waals surface area (Å²) in [6, 6.07) is 23.5. The summed E-state index contributed by atoms with van der Waals surface area (Å²) in [5.74, 6) is -0.504. The van der Waals surface area contributed by atoms with Crippen LogP contribution in [0.5, 0.6) is 11.5 Å². The summed E-state index contributed by atoms with van der Waals surface area (Å²) in [7, 11) is 0. The number of unbranched alkanes of at least 4 members (excludes halogenated alkanes) is 1. The molecule has 0 saturated carbocycles. The predicted octanol–water partition coefficient (Wildman–Crippen LogP) is 6.90. The van der Waals surface area contributed by atoms with Crippen molar-refractivity contribution < 1.29 is 24.2 Å². The average Bonchev–Trinajstić information content (AvgIpc) is 3.27. The smallest absolute Gasteiger partial charge is 0.326 e. The van der Waals surface area contributed by atoms with E-state index in [1.807, 2.05) is 85.8 Å². The van der Waals surface area contributed by atoms with Gasteiger partial charge < -0.3 is 14.7 Å². The fraction of sp³-hybridized carbons (Fsp3) is 0.364. The highest BCUT2D eigenvalue weighted by Gasteiger charge is 2.47. The van der Waals surface area contributed by atoms with E-state index in [0.717, 1.165) is 12.0 Å². The van der Waals surface area contributed by atoms with E-state index in [4.69, 9.17) is 4.74 Å². The monoisotopic (exact) mass is 589 g/mol. The third-order valence-corrected chi connectivity index (χ3v) is 8.57. The Morgan fingerprint density at radius 1 is 1.00 bits per heavy atom. The first-order valence-corrected chi connectivity index (χ1v) is 15.2. The van der Waals surface area contributed by atoms with Crippen molar-refractivity contribution in [2.24, 2.45) is 0 Å². The molecule has 0 spiro atoms. The maximum Gasteiger partial charge on any atom is 0.326 e. The number of nitrogens with one attached hydrogen (secondary N) is 2. The van der Waals surface area contributed by atoms with Gasteiger partial charge in [0.1, 0.15) is 22.9 Å². The second-order valence-corrected chi connectivity index (χ2v) is 12.7. The van der Waals surface area contributed by atoms with Gasteiger partial charge in [0, 0.05) is 6.42 Å². The molecule has 4 rings (SSSR count). The minimum absolute atomic E-state index is 0.0254. The third kappa shape index (κ3) is 7.85. The van der Waals surface area contributed by atoms with Crippen molar-refractivity contribution in [3.8, 4) is 11.5 Å². The average molecular weight is 590 g/mol. The Hall–Kier alpha value is -3.98. The standard InChI is InChI=1S/C33H39N3O5S/c1-5-6-15-27(32(39)40)36-30(38)28(21-29(37)35-34-24-12-8-7-9-13-24)42-31(36)22-11-10-14-26(20-22)41-25-18-16-23(17-19-25)33(2,3)4/h7-14,16-20,27-28,31,34H,5-6,15,21H2,1-4H3,(H,35,37)(H,39,40)/t27-,28?,31?/m1/s1. The molecule has 0 aliphatic carbocycles. The van der Waals surface area contributed by atoms with Gasteiger partial charge >= 0.3 is 5.97 Å². The van der Waals surface area contributed by atoms with Crippen molar-refractivity contribution in [3.63, 3.8) is 0 Å². The van der Waals surface area contributed by atoms with E-state index in [1.54, 1.807) is 0 Å². The molecule has 3 aromatic rings. The summed E-state index contributed by atoms with van der Waals surface area (Å²) >= 11 is 1.30. The molecule has 222 valence electrons. The lowest BCUT2D eigenvalue weighted by molar-refractivity contribution is -0.150. The molecule has 1 aliphatic rings. The minimum Gasteiger partial charge on any atom is -0.480 e. The molecule has 42 heavy (non-hydrogen) atoms. The molecule has 1 fully saturated rings. The number of ether oxygens (including phenoxy) is 1. The van der Waals surface area contributed by atoms with Crippen LogP contribution in [-0.2, 0) is 19.8 Å². The Balaban J connectivity index is 1.55. The first kappa shape index (κ1) is 31.0. The lowest BCUT2D eigenvalue weighted by Crippen LogP contribution is -2.45. The number of para-hydroxylation sites is 1. The summed E-state index contributed by atoms with van der Waals surface area (Å²) in [4.78, 5) is 40.3. The van der Waals surface area contributed by atoms with Crippen LogP contribution in [0.4, 0.5) is 5.69 Å². The SMILES string of the molecule is CCCC[C@H](C(=O)O)N1C(=O)C(CC(=O)NNc2ccccc2)SC1c1cccc(Oc2ccc(C(C)(C)C)cc2)c1. The Kier molecular flexibility index (Phi) is 10.2. The summed E-state index contributed by atoms with van der Waals surface area (Å²) in [5.41, 5.74) is 8.17. The van der Waals surface area contributed by atoms with Gasteiger partial charge in [-0.1, -0.05) is 83.0 Å². The number of aliphatic carboxylic acids is 1. The number of rotatable bonds is 12. The molecule has 3 atom stereocenters. The van der Waals surface area contributed by atoms with Gasteiger partial charge in [0.05, 0.1) is 10.9 Å². The zero-order chi connectivity index (χ0) is 30.3. The first-order valence-electron chi connectivity index (χ1n) is 14.3. The van der Waals surface area contributed by atoms with Crippen LogP contribution in [0.2, 0.25) is 0 Å². The predicted molar refractivity (Wildman–Crippen MR) is 166 cm³/mol. The second-order valence-electron chi connectivity index (χ2n) is 11.4. The molecule has 2 amide bonds. The van der Waals surface area contributed by atoms with Gasteiger partial charge in [-0.05, 0) is 59.4 Å². The van der Waals surface area contributed by atoms with Crippen molar-refractivity contribution in [3.05, 3.63) is 90.0 Å². The Morgan fingerprint density at radius 2 is 1.71 bits per heavy atom. The quantitative estimate of drug-likeness (QED) is 0.197. The van der Waals surface area contributed by atoms with Crippen LogP contribution in [-0.4, -0.2) is 39.1 Å². The number of thioether (sulfide) groups is 1. The normalized spacial score (nSPS) is 17.5. The van der Waals surface area contributed by atoms with Gasteiger partial charge in [-0.15, -0.1) is 11.8 Å². The number of hydrazine groups is 1. The number of hydrogen-bond acceptors (Lipinski definition) is 6. The third-order valence-electron chi connectivity index (χ3n) is 7.12. The number of hydrogen-bond donors (Lipinski definition) is 3. The minimum atomic E-state index is -1.05. The largest absolute Gasteiger partial charge is 0.480 e. The Labute approximate surface area is 251 Å². The topological polar surface area (TPSA) is 108 Å². The van der Waals surface area contributed by atoms with Gasteiger partial charge in [-0.2, -0.15) is 0 Å². The number of carboxylic acid groups (broad SMARTS) is 1. The number of anilines is 1. The van der Waals surface area contributed by atoms with Gasteiger partial charge in [0.15, 0.2) is 0 Å². The summed E-state index contributed by atoms with van der Waals surface area (Å²) < 4.78 is 6.15. The number of carbonyl (C=O) groups is 3. The van der Waals surface area contributed by atoms with Crippen molar-refractivity contribution in [2.45, 2.75) is 75.5 Å². The zero-order valence-electron chi connectivity index (χ0n) is 24.5. The summed E-state index contributed by atoms with van der Waals surface area (Å²) in [5, 5.41) is 8.82. The number of nitrogens with zero attached hydrogens (tertiary/aromatic N) is 1. The van der Waals surface area contributed by atoms with Crippen molar-refractivity contribution in [1.82, 2.24) is 10.3 Å².